The molecule has 2 nitrogen and oxygen atoms in total. The molecule has 0 amide bonds. The molecule has 114 valence electrons. The van der Waals surface area contributed by atoms with Crippen molar-refractivity contribution in [1.82, 2.24) is 0 Å². The van der Waals surface area contributed by atoms with E-state index in [9.17, 15) is 4.79 Å². The molecule has 0 aliphatic rings. The van der Waals surface area contributed by atoms with Crippen molar-refractivity contribution < 1.29 is 9.53 Å². The first-order valence-electron chi connectivity index (χ1n) is 7.58. The molecule has 0 atom stereocenters. The van der Waals surface area contributed by atoms with E-state index in [4.69, 9.17) is 4.74 Å². The van der Waals surface area contributed by atoms with E-state index in [2.05, 4.69) is 0 Å². The zero-order chi connectivity index (χ0) is 16.2. The molecular formula is C21H18O2. The molecule has 3 rings (SSSR count). The van der Waals surface area contributed by atoms with Crippen LogP contribution in [0.4, 0.5) is 0 Å². The van der Waals surface area contributed by atoms with Gasteiger partial charge in [-0.15, -0.1) is 0 Å². The van der Waals surface area contributed by atoms with E-state index in [1.165, 1.54) is 0 Å². The number of ether oxygens (including phenoxy) is 1. The van der Waals surface area contributed by atoms with E-state index >= 15 is 0 Å². The number of carbonyl (C=O) groups is 1. The van der Waals surface area contributed by atoms with Crippen LogP contribution in [0.5, 0.6) is 11.5 Å². The highest BCUT2D eigenvalue weighted by Crippen LogP contribution is 2.23. The summed E-state index contributed by atoms with van der Waals surface area (Å²) in [6, 6.07) is 22.7. The minimum absolute atomic E-state index is 0.0205. The SMILES string of the molecule is Cc1ccc(C(=O)c2ccc(Oc3cccc(C)c3)cc2)cc1. The maximum absolute atomic E-state index is 12.4. The largest absolute Gasteiger partial charge is 0.457 e. The molecule has 0 N–H and O–H groups in total. The van der Waals surface area contributed by atoms with Crippen molar-refractivity contribution in [3.05, 3.63) is 95.1 Å². The van der Waals surface area contributed by atoms with Crippen LogP contribution in [0.25, 0.3) is 0 Å². The standard InChI is InChI=1S/C21H18O2/c1-15-6-8-17(9-7-15)21(22)18-10-12-19(13-11-18)23-20-5-3-4-16(2)14-20/h3-14H,1-2H3. The van der Waals surface area contributed by atoms with Gasteiger partial charge in [-0.25, -0.2) is 0 Å². The molecule has 23 heavy (non-hydrogen) atoms. The normalized spacial score (nSPS) is 10.3. The van der Waals surface area contributed by atoms with Crippen LogP contribution in [0.2, 0.25) is 0 Å². The van der Waals surface area contributed by atoms with Crippen molar-refractivity contribution in [2.24, 2.45) is 0 Å². The summed E-state index contributed by atoms with van der Waals surface area (Å²) in [5.41, 5.74) is 3.64. The second-order valence-corrected chi connectivity index (χ2v) is 5.64. The lowest BCUT2D eigenvalue weighted by atomic mass is 10.0. The molecule has 0 saturated heterocycles. The summed E-state index contributed by atoms with van der Waals surface area (Å²) in [6.07, 6.45) is 0. The van der Waals surface area contributed by atoms with Gasteiger partial charge in [-0.2, -0.15) is 0 Å². The molecular weight excluding hydrogens is 284 g/mol. The zero-order valence-corrected chi connectivity index (χ0v) is 13.2. The minimum atomic E-state index is 0.0205. The Kier molecular flexibility index (Phi) is 4.24. The number of benzene rings is 3. The molecule has 0 fully saturated rings. The van der Waals surface area contributed by atoms with E-state index in [0.29, 0.717) is 11.1 Å². The third-order valence-corrected chi connectivity index (χ3v) is 3.66. The summed E-state index contributed by atoms with van der Waals surface area (Å²) < 4.78 is 5.80. The summed E-state index contributed by atoms with van der Waals surface area (Å²) in [5, 5.41) is 0. The van der Waals surface area contributed by atoms with Crippen molar-refractivity contribution in [1.29, 1.82) is 0 Å². The maximum Gasteiger partial charge on any atom is 0.193 e. The second kappa shape index (κ2) is 6.49. The quantitative estimate of drug-likeness (QED) is 0.609. The van der Waals surface area contributed by atoms with Gasteiger partial charge in [0.1, 0.15) is 11.5 Å². The highest BCUT2D eigenvalue weighted by atomic mass is 16.5. The number of hydrogen-bond donors (Lipinski definition) is 0. The molecule has 0 radical (unpaired) electrons. The van der Waals surface area contributed by atoms with Crippen molar-refractivity contribution in [2.45, 2.75) is 13.8 Å². The summed E-state index contributed by atoms with van der Waals surface area (Å²) in [5.74, 6) is 1.53. The van der Waals surface area contributed by atoms with E-state index in [-0.39, 0.29) is 5.78 Å². The Balaban J connectivity index is 1.76. The van der Waals surface area contributed by atoms with Gasteiger partial charge in [-0.3, -0.25) is 4.79 Å². The fourth-order valence-corrected chi connectivity index (χ4v) is 2.36. The summed E-state index contributed by atoms with van der Waals surface area (Å²) >= 11 is 0. The van der Waals surface area contributed by atoms with Crippen LogP contribution in [0.3, 0.4) is 0 Å². The molecule has 0 spiro atoms. The lowest BCUT2D eigenvalue weighted by Gasteiger charge is -2.07. The third-order valence-electron chi connectivity index (χ3n) is 3.66. The molecule has 0 heterocycles. The highest BCUT2D eigenvalue weighted by molar-refractivity contribution is 6.09. The summed E-state index contributed by atoms with van der Waals surface area (Å²) in [4.78, 5) is 12.4. The van der Waals surface area contributed by atoms with Crippen molar-refractivity contribution in [2.75, 3.05) is 0 Å². The molecule has 0 aromatic heterocycles. The molecule has 0 aliphatic carbocycles. The Morgan fingerprint density at radius 2 is 1.30 bits per heavy atom. The third kappa shape index (κ3) is 3.67. The molecule has 0 unspecified atom stereocenters. The lowest BCUT2D eigenvalue weighted by molar-refractivity contribution is 0.103. The number of ketones is 1. The molecule has 2 heteroatoms. The van der Waals surface area contributed by atoms with Crippen LogP contribution in [0.15, 0.2) is 72.8 Å². The van der Waals surface area contributed by atoms with Crippen molar-refractivity contribution >= 4 is 5.78 Å². The van der Waals surface area contributed by atoms with Gasteiger partial charge in [0.2, 0.25) is 0 Å². The van der Waals surface area contributed by atoms with Gasteiger partial charge in [0, 0.05) is 11.1 Å². The molecule has 0 saturated carbocycles. The Hall–Kier alpha value is -2.87. The molecule has 0 aliphatic heterocycles. The van der Waals surface area contributed by atoms with Gasteiger partial charge >= 0.3 is 0 Å². The van der Waals surface area contributed by atoms with E-state index < -0.39 is 0 Å². The zero-order valence-electron chi connectivity index (χ0n) is 13.2. The first kappa shape index (κ1) is 15.0. The Labute approximate surface area is 136 Å². The van der Waals surface area contributed by atoms with Crippen LogP contribution in [0.1, 0.15) is 27.0 Å². The van der Waals surface area contributed by atoms with Crippen LogP contribution in [-0.2, 0) is 0 Å². The predicted molar refractivity (Wildman–Crippen MR) is 92.3 cm³/mol. The highest BCUT2D eigenvalue weighted by Gasteiger charge is 2.09. The van der Waals surface area contributed by atoms with E-state index in [0.717, 1.165) is 22.6 Å². The summed E-state index contributed by atoms with van der Waals surface area (Å²) in [6.45, 7) is 4.03. The van der Waals surface area contributed by atoms with Gasteiger partial charge in [-0.05, 0) is 55.8 Å². The van der Waals surface area contributed by atoms with Gasteiger partial charge in [0.25, 0.3) is 0 Å². The van der Waals surface area contributed by atoms with Gasteiger partial charge in [0.15, 0.2) is 5.78 Å². The lowest BCUT2D eigenvalue weighted by Crippen LogP contribution is -2.00. The number of hydrogen-bond acceptors (Lipinski definition) is 2. The van der Waals surface area contributed by atoms with Crippen molar-refractivity contribution in [3.8, 4) is 11.5 Å². The van der Waals surface area contributed by atoms with E-state index in [1.54, 1.807) is 12.1 Å². The fraction of sp³-hybridized carbons (Fsp3) is 0.0952. The minimum Gasteiger partial charge on any atom is -0.457 e. The predicted octanol–water partition coefficient (Wildman–Crippen LogP) is 5.33. The van der Waals surface area contributed by atoms with E-state index in [1.807, 2.05) is 74.5 Å². The Morgan fingerprint density at radius 1 is 0.696 bits per heavy atom. The smallest absolute Gasteiger partial charge is 0.193 e. The van der Waals surface area contributed by atoms with Crippen LogP contribution < -0.4 is 4.74 Å². The Morgan fingerprint density at radius 3 is 1.91 bits per heavy atom. The first-order valence-corrected chi connectivity index (χ1v) is 7.58. The molecule has 0 bridgehead atoms. The van der Waals surface area contributed by atoms with Crippen molar-refractivity contribution in [3.63, 3.8) is 0 Å². The fourth-order valence-electron chi connectivity index (χ4n) is 2.36. The summed E-state index contributed by atoms with van der Waals surface area (Å²) in [7, 11) is 0. The van der Waals surface area contributed by atoms with Crippen LogP contribution in [0, 0.1) is 13.8 Å². The molecule has 3 aromatic rings. The van der Waals surface area contributed by atoms with Crippen LogP contribution >= 0.6 is 0 Å². The average molecular weight is 302 g/mol. The first-order chi connectivity index (χ1) is 11.1. The number of aryl methyl sites for hydroxylation is 2. The van der Waals surface area contributed by atoms with Gasteiger partial charge in [-0.1, -0.05) is 42.0 Å². The maximum atomic E-state index is 12.4. The monoisotopic (exact) mass is 302 g/mol. The van der Waals surface area contributed by atoms with Gasteiger partial charge in [0.05, 0.1) is 0 Å². The average Bonchev–Trinajstić information content (AvgIpc) is 2.56. The van der Waals surface area contributed by atoms with Crippen LogP contribution in [-0.4, -0.2) is 5.78 Å². The molecule has 3 aromatic carbocycles. The number of rotatable bonds is 4. The van der Waals surface area contributed by atoms with Gasteiger partial charge < -0.3 is 4.74 Å². The Bertz CT molecular complexity index is 815. The number of carbonyl (C=O) groups excluding carboxylic acids is 1. The topological polar surface area (TPSA) is 26.3 Å². The second-order valence-electron chi connectivity index (χ2n) is 5.64.